The second kappa shape index (κ2) is 7.53. The first-order chi connectivity index (χ1) is 12.4. The number of amides is 2. The number of nitro benzene ring substituents is 1. The monoisotopic (exact) mass is 373 g/mol. The lowest BCUT2D eigenvalue weighted by Gasteiger charge is -2.15. The quantitative estimate of drug-likeness (QED) is 0.639. The summed E-state index contributed by atoms with van der Waals surface area (Å²) in [5, 5.41) is 13.6. The summed E-state index contributed by atoms with van der Waals surface area (Å²) >= 11 is 5.99. The van der Waals surface area contributed by atoms with Crippen LogP contribution in [-0.4, -0.2) is 28.2 Å². The van der Waals surface area contributed by atoms with E-state index in [-0.39, 0.29) is 22.3 Å². The Labute approximate surface area is 154 Å². The number of carbonyl (C=O) groups is 2. The third-order valence-electron chi connectivity index (χ3n) is 4.17. The zero-order chi connectivity index (χ0) is 18.7. The zero-order valence-corrected chi connectivity index (χ0v) is 14.5. The van der Waals surface area contributed by atoms with Crippen LogP contribution in [0.1, 0.15) is 28.8 Å². The van der Waals surface area contributed by atoms with Crippen molar-refractivity contribution in [3.05, 3.63) is 68.7 Å². The minimum atomic E-state index is -0.555. The average Bonchev–Trinajstić information content (AvgIpc) is 3.02. The molecule has 0 bridgehead atoms. The number of carbonyl (C=O) groups excluding carboxylic acids is 2. The van der Waals surface area contributed by atoms with Crippen molar-refractivity contribution in [3.63, 3.8) is 0 Å². The Bertz CT molecular complexity index is 867. The zero-order valence-electron chi connectivity index (χ0n) is 13.8. The summed E-state index contributed by atoms with van der Waals surface area (Å²) in [7, 11) is 0. The highest BCUT2D eigenvalue weighted by Crippen LogP contribution is 2.27. The molecule has 1 N–H and O–H groups in total. The molecule has 1 fully saturated rings. The molecule has 1 heterocycles. The van der Waals surface area contributed by atoms with Crippen LogP contribution in [0.4, 0.5) is 11.4 Å². The number of anilines is 1. The van der Waals surface area contributed by atoms with Crippen molar-refractivity contribution in [1.29, 1.82) is 0 Å². The number of nitrogens with zero attached hydrogens (tertiary/aromatic N) is 2. The van der Waals surface area contributed by atoms with Gasteiger partial charge < -0.3 is 10.2 Å². The number of likely N-dealkylation sites (tertiary alicyclic amines) is 1. The first kappa shape index (κ1) is 17.9. The van der Waals surface area contributed by atoms with Crippen LogP contribution in [0.15, 0.2) is 42.5 Å². The van der Waals surface area contributed by atoms with E-state index in [1.807, 2.05) is 0 Å². The van der Waals surface area contributed by atoms with Crippen molar-refractivity contribution in [2.24, 2.45) is 0 Å². The molecule has 0 aromatic heterocycles. The summed E-state index contributed by atoms with van der Waals surface area (Å²) in [5.41, 5.74) is 1.35. The highest BCUT2D eigenvalue weighted by molar-refractivity contribution is 6.34. The molecule has 0 spiro atoms. The molecular formula is C18H16ClN3O4. The Balaban J connectivity index is 1.69. The van der Waals surface area contributed by atoms with Gasteiger partial charge in [0.15, 0.2) is 0 Å². The van der Waals surface area contributed by atoms with Crippen LogP contribution >= 0.6 is 11.6 Å². The largest absolute Gasteiger partial charge is 0.338 e. The van der Waals surface area contributed by atoms with Crippen LogP contribution in [-0.2, 0) is 11.3 Å². The fraction of sp³-hybridized carbons (Fsp3) is 0.222. The summed E-state index contributed by atoms with van der Waals surface area (Å²) in [4.78, 5) is 36.1. The van der Waals surface area contributed by atoms with Crippen molar-refractivity contribution >= 4 is 34.8 Å². The van der Waals surface area contributed by atoms with Gasteiger partial charge in [0.2, 0.25) is 5.91 Å². The van der Waals surface area contributed by atoms with Crippen molar-refractivity contribution in [1.82, 2.24) is 4.90 Å². The Morgan fingerprint density at radius 2 is 1.96 bits per heavy atom. The van der Waals surface area contributed by atoms with Gasteiger partial charge in [0.05, 0.1) is 15.6 Å². The average molecular weight is 374 g/mol. The van der Waals surface area contributed by atoms with Crippen LogP contribution in [0.25, 0.3) is 0 Å². The van der Waals surface area contributed by atoms with E-state index in [1.165, 1.54) is 18.2 Å². The van der Waals surface area contributed by atoms with Gasteiger partial charge in [-0.2, -0.15) is 0 Å². The maximum Gasteiger partial charge on any atom is 0.271 e. The van der Waals surface area contributed by atoms with Crippen molar-refractivity contribution in [3.8, 4) is 0 Å². The molecule has 0 radical (unpaired) electrons. The summed E-state index contributed by atoms with van der Waals surface area (Å²) in [5.74, 6) is -0.275. The molecule has 0 saturated carbocycles. The van der Waals surface area contributed by atoms with E-state index >= 15 is 0 Å². The molecule has 134 valence electrons. The van der Waals surface area contributed by atoms with Crippen molar-refractivity contribution < 1.29 is 14.5 Å². The molecule has 26 heavy (non-hydrogen) atoms. The molecule has 7 nitrogen and oxygen atoms in total. The Morgan fingerprint density at radius 3 is 2.58 bits per heavy atom. The van der Waals surface area contributed by atoms with E-state index in [0.717, 1.165) is 18.5 Å². The molecule has 1 aliphatic rings. The molecule has 0 unspecified atom stereocenters. The van der Waals surface area contributed by atoms with Gasteiger partial charge in [0.1, 0.15) is 0 Å². The predicted molar refractivity (Wildman–Crippen MR) is 97.2 cm³/mol. The first-order valence-electron chi connectivity index (χ1n) is 8.06. The van der Waals surface area contributed by atoms with Crippen LogP contribution in [0.5, 0.6) is 0 Å². The van der Waals surface area contributed by atoms with Gasteiger partial charge in [-0.25, -0.2) is 0 Å². The minimum Gasteiger partial charge on any atom is -0.338 e. The van der Waals surface area contributed by atoms with E-state index in [9.17, 15) is 19.7 Å². The summed E-state index contributed by atoms with van der Waals surface area (Å²) in [6, 6.07) is 10.7. The Hall–Kier alpha value is -2.93. The number of hydrogen-bond donors (Lipinski definition) is 1. The molecule has 0 atom stereocenters. The molecule has 2 aromatic carbocycles. The molecule has 2 aromatic rings. The topological polar surface area (TPSA) is 92.5 Å². The second-order valence-electron chi connectivity index (χ2n) is 5.99. The summed E-state index contributed by atoms with van der Waals surface area (Å²) in [6.07, 6.45) is 1.47. The van der Waals surface area contributed by atoms with E-state index in [4.69, 9.17) is 11.6 Å². The molecule has 8 heteroatoms. The highest BCUT2D eigenvalue weighted by Gasteiger charge is 2.20. The summed E-state index contributed by atoms with van der Waals surface area (Å²) in [6.45, 7) is 1.28. The van der Waals surface area contributed by atoms with Gasteiger partial charge in [0.25, 0.3) is 11.6 Å². The fourth-order valence-electron chi connectivity index (χ4n) is 2.77. The van der Waals surface area contributed by atoms with Crippen molar-refractivity contribution in [2.75, 3.05) is 11.9 Å². The van der Waals surface area contributed by atoms with Gasteiger partial charge in [-0.1, -0.05) is 23.7 Å². The number of halogens is 1. The lowest BCUT2D eigenvalue weighted by molar-refractivity contribution is -0.384. The smallest absolute Gasteiger partial charge is 0.271 e. The lowest BCUT2D eigenvalue weighted by atomic mass is 10.1. The van der Waals surface area contributed by atoms with Gasteiger partial charge >= 0.3 is 0 Å². The van der Waals surface area contributed by atoms with Gasteiger partial charge in [0, 0.05) is 37.2 Å². The number of hydrogen-bond acceptors (Lipinski definition) is 4. The second-order valence-corrected chi connectivity index (χ2v) is 6.40. The van der Waals surface area contributed by atoms with Crippen LogP contribution in [0.3, 0.4) is 0 Å². The first-order valence-corrected chi connectivity index (χ1v) is 8.44. The van der Waals surface area contributed by atoms with E-state index in [0.29, 0.717) is 18.5 Å². The maximum absolute atomic E-state index is 12.4. The molecule has 0 aliphatic carbocycles. The Morgan fingerprint density at radius 1 is 1.23 bits per heavy atom. The normalized spacial score (nSPS) is 13.7. The number of non-ortho nitro benzene ring substituents is 1. The number of nitrogens with one attached hydrogen (secondary N) is 1. The van der Waals surface area contributed by atoms with Gasteiger partial charge in [-0.15, -0.1) is 0 Å². The van der Waals surface area contributed by atoms with Crippen LogP contribution in [0, 0.1) is 10.1 Å². The molecule has 1 saturated heterocycles. The van der Waals surface area contributed by atoms with Crippen molar-refractivity contribution in [2.45, 2.75) is 19.4 Å². The SMILES string of the molecule is O=C(Nc1cc([N+](=O)[O-])ccc1Cl)c1ccc(CN2CCCC2=O)cc1. The molecule has 1 aliphatic heterocycles. The molecular weight excluding hydrogens is 358 g/mol. The maximum atomic E-state index is 12.4. The van der Waals surface area contributed by atoms with E-state index in [2.05, 4.69) is 5.32 Å². The lowest BCUT2D eigenvalue weighted by Crippen LogP contribution is -2.23. The number of rotatable bonds is 5. The van der Waals surface area contributed by atoms with Gasteiger partial charge in [-0.05, 0) is 30.2 Å². The van der Waals surface area contributed by atoms with Crippen LogP contribution in [0.2, 0.25) is 5.02 Å². The Kier molecular flexibility index (Phi) is 5.18. The third-order valence-corrected chi connectivity index (χ3v) is 4.50. The number of nitro groups is 1. The molecule has 2 amide bonds. The highest BCUT2D eigenvalue weighted by atomic mass is 35.5. The molecule has 3 rings (SSSR count). The fourth-order valence-corrected chi connectivity index (χ4v) is 2.93. The van der Waals surface area contributed by atoms with E-state index in [1.54, 1.807) is 29.2 Å². The van der Waals surface area contributed by atoms with Crippen LogP contribution < -0.4 is 5.32 Å². The minimum absolute atomic E-state index is 0.145. The summed E-state index contributed by atoms with van der Waals surface area (Å²) < 4.78 is 0. The third kappa shape index (κ3) is 4.00. The van der Waals surface area contributed by atoms with E-state index < -0.39 is 10.8 Å². The predicted octanol–water partition coefficient (Wildman–Crippen LogP) is 3.62. The van der Waals surface area contributed by atoms with Gasteiger partial charge in [-0.3, -0.25) is 19.7 Å². The standard InChI is InChI=1S/C18H16ClN3O4/c19-15-8-7-14(22(25)26)10-16(15)20-18(24)13-5-3-12(4-6-13)11-21-9-1-2-17(21)23/h3-8,10H,1-2,9,11H2,(H,20,24). The number of benzene rings is 2.